The van der Waals surface area contributed by atoms with Gasteiger partial charge in [-0.3, -0.25) is 0 Å². The highest BCUT2D eigenvalue weighted by Gasteiger charge is 2.35. The SMILES string of the molecule is CC1(C)c2ccccc2-c2ccc(Nc3ccc(-c4ccc5c(c4)Oc4ccccc4O5)c4ccccc34)cc21. The third-order valence-corrected chi connectivity index (χ3v) is 8.33. The van der Waals surface area contributed by atoms with Crippen LogP contribution in [-0.4, -0.2) is 0 Å². The first-order valence-electron chi connectivity index (χ1n) is 13.7. The molecule has 6 aromatic rings. The van der Waals surface area contributed by atoms with Crippen LogP contribution in [0, 0.1) is 0 Å². The van der Waals surface area contributed by atoms with E-state index in [4.69, 9.17) is 9.47 Å². The summed E-state index contributed by atoms with van der Waals surface area (Å²) >= 11 is 0. The summed E-state index contributed by atoms with van der Waals surface area (Å²) in [5, 5.41) is 6.08. The van der Waals surface area contributed by atoms with Crippen molar-refractivity contribution in [3.63, 3.8) is 0 Å². The minimum Gasteiger partial charge on any atom is -0.450 e. The molecule has 40 heavy (non-hydrogen) atoms. The van der Waals surface area contributed by atoms with Gasteiger partial charge in [-0.2, -0.15) is 0 Å². The van der Waals surface area contributed by atoms with E-state index in [0.29, 0.717) is 0 Å². The van der Waals surface area contributed by atoms with Gasteiger partial charge in [-0.15, -0.1) is 0 Å². The molecule has 0 saturated heterocycles. The second-order valence-electron chi connectivity index (χ2n) is 11.1. The average molecular weight is 518 g/mol. The van der Waals surface area contributed by atoms with E-state index >= 15 is 0 Å². The summed E-state index contributed by atoms with van der Waals surface area (Å²) in [6.45, 7) is 4.63. The van der Waals surface area contributed by atoms with Crippen molar-refractivity contribution in [2.24, 2.45) is 0 Å². The van der Waals surface area contributed by atoms with Crippen LogP contribution in [0.3, 0.4) is 0 Å². The van der Waals surface area contributed by atoms with Gasteiger partial charge in [0.1, 0.15) is 0 Å². The van der Waals surface area contributed by atoms with Crippen molar-refractivity contribution in [2.45, 2.75) is 19.3 Å². The van der Waals surface area contributed by atoms with Crippen molar-refractivity contribution in [2.75, 3.05) is 5.32 Å². The minimum atomic E-state index is -0.0334. The summed E-state index contributed by atoms with van der Waals surface area (Å²) in [5.74, 6) is 2.93. The third-order valence-electron chi connectivity index (χ3n) is 8.33. The molecular weight excluding hydrogens is 490 g/mol. The maximum Gasteiger partial charge on any atom is 0.170 e. The molecule has 0 unspecified atom stereocenters. The van der Waals surface area contributed by atoms with Crippen LogP contribution in [-0.2, 0) is 5.41 Å². The number of ether oxygens (including phenoxy) is 2. The zero-order valence-corrected chi connectivity index (χ0v) is 22.4. The summed E-state index contributed by atoms with van der Waals surface area (Å²) in [6.07, 6.45) is 0. The molecule has 0 saturated carbocycles. The van der Waals surface area contributed by atoms with Gasteiger partial charge >= 0.3 is 0 Å². The molecule has 6 aromatic carbocycles. The number of fused-ring (bicyclic) bond motifs is 6. The average Bonchev–Trinajstić information content (AvgIpc) is 3.22. The van der Waals surface area contributed by atoms with Crippen LogP contribution >= 0.6 is 0 Å². The molecule has 1 aliphatic heterocycles. The van der Waals surface area contributed by atoms with E-state index in [1.165, 1.54) is 33.0 Å². The number of rotatable bonds is 3. The molecular formula is C37H27NO2. The number of nitrogens with one attached hydrogen (secondary N) is 1. The highest BCUT2D eigenvalue weighted by atomic mass is 16.6. The predicted molar refractivity (Wildman–Crippen MR) is 163 cm³/mol. The smallest absolute Gasteiger partial charge is 0.170 e. The van der Waals surface area contributed by atoms with E-state index in [2.05, 4.69) is 110 Å². The van der Waals surface area contributed by atoms with Crippen LogP contribution in [0.15, 0.2) is 121 Å². The highest BCUT2D eigenvalue weighted by molar-refractivity contribution is 6.04. The number of anilines is 2. The van der Waals surface area contributed by atoms with Crippen molar-refractivity contribution < 1.29 is 9.47 Å². The number of hydrogen-bond acceptors (Lipinski definition) is 3. The lowest BCUT2D eigenvalue weighted by atomic mass is 9.82. The molecule has 0 amide bonds. The lowest BCUT2D eigenvalue weighted by molar-refractivity contribution is 0.360. The first kappa shape index (κ1) is 22.9. The van der Waals surface area contributed by atoms with Gasteiger partial charge in [0.25, 0.3) is 0 Å². The molecule has 0 aromatic heterocycles. The second kappa shape index (κ2) is 8.49. The maximum absolute atomic E-state index is 6.19. The van der Waals surface area contributed by atoms with E-state index in [1.54, 1.807) is 0 Å². The summed E-state index contributed by atoms with van der Waals surface area (Å²) in [7, 11) is 0. The molecule has 2 aliphatic rings. The fourth-order valence-corrected chi connectivity index (χ4v) is 6.29. The Morgan fingerprint density at radius 2 is 1.15 bits per heavy atom. The lowest BCUT2D eigenvalue weighted by Crippen LogP contribution is -2.15. The Kier molecular flexibility index (Phi) is 4.86. The molecule has 1 aliphatic carbocycles. The van der Waals surface area contributed by atoms with Gasteiger partial charge in [-0.25, -0.2) is 0 Å². The summed E-state index contributed by atoms with van der Waals surface area (Å²) in [6, 6.07) is 42.4. The topological polar surface area (TPSA) is 30.5 Å². The molecule has 192 valence electrons. The largest absolute Gasteiger partial charge is 0.450 e. The van der Waals surface area contributed by atoms with Crippen molar-refractivity contribution >= 4 is 22.1 Å². The van der Waals surface area contributed by atoms with Crippen molar-refractivity contribution in [1.82, 2.24) is 0 Å². The van der Waals surface area contributed by atoms with Gasteiger partial charge in [0, 0.05) is 22.2 Å². The molecule has 0 bridgehead atoms. The molecule has 3 nitrogen and oxygen atoms in total. The molecule has 8 rings (SSSR count). The Bertz CT molecular complexity index is 1970. The summed E-state index contributed by atoms with van der Waals surface area (Å²) in [4.78, 5) is 0. The molecule has 0 atom stereocenters. The normalized spacial score (nSPS) is 13.8. The third kappa shape index (κ3) is 3.44. The second-order valence-corrected chi connectivity index (χ2v) is 11.1. The van der Waals surface area contributed by atoms with Crippen LogP contribution < -0.4 is 14.8 Å². The lowest BCUT2D eigenvalue weighted by Gasteiger charge is -2.22. The Hall–Kier alpha value is -5.02. The van der Waals surface area contributed by atoms with Gasteiger partial charge in [0.15, 0.2) is 23.0 Å². The molecule has 1 N–H and O–H groups in total. The van der Waals surface area contributed by atoms with E-state index in [-0.39, 0.29) is 5.41 Å². The van der Waals surface area contributed by atoms with Crippen molar-refractivity contribution in [3.05, 3.63) is 132 Å². The quantitative estimate of drug-likeness (QED) is 0.253. The van der Waals surface area contributed by atoms with Crippen LogP contribution in [0.25, 0.3) is 33.0 Å². The molecule has 0 fully saturated rings. The van der Waals surface area contributed by atoms with E-state index in [1.807, 2.05) is 30.3 Å². The summed E-state index contributed by atoms with van der Waals surface area (Å²) in [5.41, 5.74) is 9.79. The molecule has 1 heterocycles. The molecule has 0 radical (unpaired) electrons. The van der Waals surface area contributed by atoms with E-state index in [9.17, 15) is 0 Å². The Labute approximate surface area is 233 Å². The summed E-state index contributed by atoms with van der Waals surface area (Å²) < 4.78 is 12.3. The minimum absolute atomic E-state index is 0.0334. The fraction of sp³-hybridized carbons (Fsp3) is 0.0811. The zero-order chi connectivity index (χ0) is 26.8. The van der Waals surface area contributed by atoms with Gasteiger partial charge in [-0.1, -0.05) is 92.7 Å². The standard InChI is InChI=1S/C37H27NO2/c1-37(2)30-12-6-5-10-27(30)28-17-16-24(22-31(28)37)38-32-19-18-25(26-9-3-4-11-29(26)32)23-15-20-35-36(21-23)40-34-14-8-7-13-33(34)39-35/h3-22,38H,1-2H3. The van der Waals surface area contributed by atoms with Gasteiger partial charge in [0.05, 0.1) is 0 Å². The van der Waals surface area contributed by atoms with E-state index in [0.717, 1.165) is 45.5 Å². The van der Waals surface area contributed by atoms with Crippen LogP contribution in [0.4, 0.5) is 11.4 Å². The maximum atomic E-state index is 6.19. The van der Waals surface area contributed by atoms with Crippen molar-refractivity contribution in [1.29, 1.82) is 0 Å². The Morgan fingerprint density at radius 1 is 0.500 bits per heavy atom. The fourth-order valence-electron chi connectivity index (χ4n) is 6.29. The van der Waals surface area contributed by atoms with Crippen LogP contribution in [0.1, 0.15) is 25.0 Å². The molecule has 3 heteroatoms. The number of benzene rings is 6. The molecule has 0 spiro atoms. The predicted octanol–water partition coefficient (Wildman–Crippen LogP) is 10.5. The van der Waals surface area contributed by atoms with E-state index < -0.39 is 0 Å². The zero-order valence-electron chi connectivity index (χ0n) is 22.4. The first-order valence-corrected chi connectivity index (χ1v) is 13.7. The van der Waals surface area contributed by atoms with Gasteiger partial charge < -0.3 is 14.8 Å². The number of para-hydroxylation sites is 2. The van der Waals surface area contributed by atoms with Gasteiger partial charge in [-0.05, 0) is 81.2 Å². The van der Waals surface area contributed by atoms with Crippen LogP contribution in [0.2, 0.25) is 0 Å². The van der Waals surface area contributed by atoms with Crippen molar-refractivity contribution in [3.8, 4) is 45.3 Å². The highest BCUT2D eigenvalue weighted by Crippen LogP contribution is 2.50. The first-order chi connectivity index (χ1) is 19.6. The van der Waals surface area contributed by atoms with Gasteiger partial charge in [0.2, 0.25) is 0 Å². The monoisotopic (exact) mass is 517 g/mol. The Morgan fingerprint density at radius 3 is 2.00 bits per heavy atom. The Balaban J connectivity index is 1.16. The van der Waals surface area contributed by atoms with Crippen LogP contribution in [0.5, 0.6) is 23.0 Å². The number of hydrogen-bond donors (Lipinski definition) is 1.